The molecule has 0 aliphatic carbocycles. The molecule has 3 rings (SSSR count). The van der Waals surface area contributed by atoms with Gasteiger partial charge in [-0.1, -0.05) is 30.3 Å². The number of ether oxygens (including phenoxy) is 2. The Balaban J connectivity index is 1.85. The molecule has 0 radical (unpaired) electrons. The molecule has 1 aromatic carbocycles. The fourth-order valence-electron chi connectivity index (χ4n) is 3.76. The van der Waals surface area contributed by atoms with Crippen LogP contribution in [0.2, 0.25) is 0 Å². The zero-order chi connectivity index (χ0) is 21.2. The predicted molar refractivity (Wildman–Crippen MR) is 119 cm³/mol. The van der Waals surface area contributed by atoms with Crippen molar-refractivity contribution in [2.45, 2.75) is 25.9 Å². The number of benzene rings is 1. The summed E-state index contributed by atoms with van der Waals surface area (Å²) < 4.78 is 10.3. The van der Waals surface area contributed by atoms with Crippen molar-refractivity contribution in [3.63, 3.8) is 0 Å². The van der Waals surface area contributed by atoms with Gasteiger partial charge < -0.3 is 20.1 Å². The summed E-state index contributed by atoms with van der Waals surface area (Å²) in [6.07, 6.45) is 1.69. The molecule has 2 N–H and O–H groups in total. The van der Waals surface area contributed by atoms with Crippen molar-refractivity contribution >= 4 is 11.6 Å². The van der Waals surface area contributed by atoms with E-state index in [0.29, 0.717) is 37.7 Å². The molecular formula is C23H31N5O2. The van der Waals surface area contributed by atoms with E-state index in [-0.39, 0.29) is 0 Å². The lowest BCUT2D eigenvalue weighted by molar-refractivity contribution is 0.197. The lowest BCUT2D eigenvalue weighted by Crippen LogP contribution is -2.32. The maximum Gasteiger partial charge on any atom is 0.146 e. The topological polar surface area (TPSA) is 82.4 Å². The van der Waals surface area contributed by atoms with E-state index in [2.05, 4.69) is 45.9 Å². The third kappa shape index (κ3) is 5.70. The number of anilines is 2. The molecule has 0 bridgehead atoms. The standard InChI is InChI=1S/C23H31N5O2/c1-29-13-6-10-25-22-20(15-24)19-9-12-28(16-18-7-4-3-5-8-18)17-21(19)23(27-22)26-11-14-30-2/h3-5,7-8H,6,9-14,16-17H2,1-2H3,(H2,25,26,27). The Morgan fingerprint density at radius 1 is 1.03 bits per heavy atom. The first-order chi connectivity index (χ1) is 14.8. The number of pyridine rings is 1. The molecule has 2 heterocycles. The van der Waals surface area contributed by atoms with Crippen molar-refractivity contribution < 1.29 is 9.47 Å². The van der Waals surface area contributed by atoms with E-state index in [4.69, 9.17) is 14.5 Å². The van der Waals surface area contributed by atoms with Crippen LogP contribution in [0.25, 0.3) is 0 Å². The van der Waals surface area contributed by atoms with Crippen LogP contribution in [0.1, 0.15) is 28.7 Å². The van der Waals surface area contributed by atoms with Gasteiger partial charge in [0.05, 0.1) is 12.2 Å². The van der Waals surface area contributed by atoms with E-state index in [1.165, 1.54) is 5.56 Å². The number of methoxy groups -OCH3 is 2. The minimum absolute atomic E-state index is 0.598. The van der Waals surface area contributed by atoms with Crippen LogP contribution in [0, 0.1) is 11.3 Å². The van der Waals surface area contributed by atoms with Gasteiger partial charge in [-0.3, -0.25) is 4.90 Å². The highest BCUT2D eigenvalue weighted by molar-refractivity contribution is 5.66. The van der Waals surface area contributed by atoms with E-state index in [1.54, 1.807) is 14.2 Å². The van der Waals surface area contributed by atoms with Gasteiger partial charge in [-0.2, -0.15) is 5.26 Å². The number of nitrogens with one attached hydrogen (secondary N) is 2. The number of rotatable bonds is 11. The first-order valence-corrected chi connectivity index (χ1v) is 10.4. The van der Waals surface area contributed by atoms with E-state index in [1.807, 2.05) is 6.07 Å². The molecule has 0 saturated heterocycles. The lowest BCUT2D eigenvalue weighted by atomic mass is 9.95. The summed E-state index contributed by atoms with van der Waals surface area (Å²) in [5.74, 6) is 1.50. The van der Waals surface area contributed by atoms with Crippen LogP contribution < -0.4 is 10.6 Å². The summed E-state index contributed by atoms with van der Waals surface area (Å²) in [4.78, 5) is 7.21. The van der Waals surface area contributed by atoms with E-state index in [9.17, 15) is 5.26 Å². The predicted octanol–water partition coefficient (Wildman–Crippen LogP) is 3.02. The second-order valence-corrected chi connectivity index (χ2v) is 7.39. The first kappa shape index (κ1) is 22.0. The fraction of sp³-hybridized carbons (Fsp3) is 0.478. The van der Waals surface area contributed by atoms with Crippen molar-refractivity contribution in [3.05, 3.63) is 52.6 Å². The van der Waals surface area contributed by atoms with Crippen LogP contribution in [-0.2, 0) is 29.0 Å². The fourth-order valence-corrected chi connectivity index (χ4v) is 3.76. The maximum atomic E-state index is 9.87. The Bertz CT molecular complexity index is 851. The molecule has 0 saturated carbocycles. The Hall–Kier alpha value is -2.66. The van der Waals surface area contributed by atoms with Crippen LogP contribution in [0.15, 0.2) is 30.3 Å². The molecule has 0 amide bonds. The van der Waals surface area contributed by atoms with Gasteiger partial charge in [0.1, 0.15) is 17.7 Å². The molecule has 7 heteroatoms. The smallest absolute Gasteiger partial charge is 0.146 e. The quantitative estimate of drug-likeness (QED) is 0.552. The molecule has 0 unspecified atom stereocenters. The van der Waals surface area contributed by atoms with E-state index < -0.39 is 0 Å². The minimum atomic E-state index is 0.598. The van der Waals surface area contributed by atoms with Gasteiger partial charge >= 0.3 is 0 Å². The Kier molecular flexibility index (Phi) is 8.45. The van der Waals surface area contributed by atoms with Crippen LogP contribution >= 0.6 is 0 Å². The zero-order valence-corrected chi connectivity index (χ0v) is 17.9. The monoisotopic (exact) mass is 409 g/mol. The summed E-state index contributed by atoms with van der Waals surface area (Å²) >= 11 is 0. The molecule has 30 heavy (non-hydrogen) atoms. The summed E-state index contributed by atoms with van der Waals surface area (Å²) in [6, 6.07) is 12.9. The third-order valence-electron chi connectivity index (χ3n) is 5.25. The Morgan fingerprint density at radius 3 is 2.53 bits per heavy atom. The highest BCUT2D eigenvalue weighted by Gasteiger charge is 2.25. The summed E-state index contributed by atoms with van der Waals surface area (Å²) in [6.45, 7) is 5.23. The van der Waals surface area contributed by atoms with Crippen molar-refractivity contribution in [3.8, 4) is 6.07 Å². The third-order valence-corrected chi connectivity index (χ3v) is 5.25. The molecule has 2 aromatic rings. The van der Waals surface area contributed by atoms with Crippen LogP contribution in [-0.4, -0.2) is 57.0 Å². The average molecular weight is 410 g/mol. The maximum absolute atomic E-state index is 9.87. The highest BCUT2D eigenvalue weighted by Crippen LogP contribution is 2.32. The van der Waals surface area contributed by atoms with E-state index in [0.717, 1.165) is 49.4 Å². The van der Waals surface area contributed by atoms with Crippen molar-refractivity contribution in [2.75, 3.05) is 57.7 Å². The molecule has 1 aliphatic heterocycles. The molecule has 0 spiro atoms. The summed E-state index contributed by atoms with van der Waals surface area (Å²) in [7, 11) is 3.38. The second-order valence-electron chi connectivity index (χ2n) is 7.39. The largest absolute Gasteiger partial charge is 0.385 e. The van der Waals surface area contributed by atoms with E-state index >= 15 is 0 Å². The molecule has 1 aromatic heterocycles. The molecule has 160 valence electrons. The molecular weight excluding hydrogens is 378 g/mol. The number of aromatic nitrogens is 1. The first-order valence-electron chi connectivity index (χ1n) is 10.4. The molecule has 1 aliphatic rings. The van der Waals surface area contributed by atoms with Gasteiger partial charge in [-0.15, -0.1) is 0 Å². The van der Waals surface area contributed by atoms with Gasteiger partial charge in [0.25, 0.3) is 0 Å². The number of fused-ring (bicyclic) bond motifs is 1. The molecule has 7 nitrogen and oxygen atoms in total. The van der Waals surface area contributed by atoms with Crippen LogP contribution in [0.5, 0.6) is 0 Å². The van der Waals surface area contributed by atoms with Gasteiger partial charge in [-0.05, 0) is 24.0 Å². The van der Waals surface area contributed by atoms with Crippen molar-refractivity contribution in [2.24, 2.45) is 0 Å². The molecule has 0 fully saturated rings. The van der Waals surface area contributed by atoms with Gasteiger partial charge in [-0.25, -0.2) is 4.98 Å². The highest BCUT2D eigenvalue weighted by atomic mass is 16.5. The summed E-state index contributed by atoms with van der Waals surface area (Å²) in [5, 5.41) is 16.6. The Labute approximate surface area is 179 Å². The number of nitrogens with zero attached hydrogens (tertiary/aromatic N) is 3. The SMILES string of the molecule is COCCCNc1nc(NCCOC)c2c(c1C#N)CCN(Cc1ccccc1)C2. The van der Waals surface area contributed by atoms with Gasteiger partial charge in [0.2, 0.25) is 0 Å². The number of hydrogen-bond acceptors (Lipinski definition) is 7. The summed E-state index contributed by atoms with van der Waals surface area (Å²) in [5.41, 5.74) is 4.18. The minimum Gasteiger partial charge on any atom is -0.385 e. The van der Waals surface area contributed by atoms with Crippen molar-refractivity contribution in [1.82, 2.24) is 9.88 Å². The number of hydrogen-bond donors (Lipinski definition) is 2. The van der Waals surface area contributed by atoms with Gasteiger partial charge in [0.15, 0.2) is 0 Å². The lowest BCUT2D eigenvalue weighted by Gasteiger charge is -2.31. The second kappa shape index (κ2) is 11.5. The van der Waals surface area contributed by atoms with Gasteiger partial charge in [0, 0.05) is 59.1 Å². The van der Waals surface area contributed by atoms with Crippen LogP contribution in [0.4, 0.5) is 11.6 Å². The average Bonchev–Trinajstić information content (AvgIpc) is 2.77. The number of nitriles is 1. The van der Waals surface area contributed by atoms with Crippen LogP contribution in [0.3, 0.4) is 0 Å². The Morgan fingerprint density at radius 2 is 1.80 bits per heavy atom. The normalized spacial score (nSPS) is 13.5. The zero-order valence-electron chi connectivity index (χ0n) is 17.9. The molecule has 0 atom stereocenters. The van der Waals surface area contributed by atoms with Crippen molar-refractivity contribution in [1.29, 1.82) is 5.26 Å².